The Balaban J connectivity index is 1.59. The fourth-order valence-corrected chi connectivity index (χ4v) is 10.3. The molecular weight excluding hydrogens is 618 g/mol. The number of amides is 2. The average Bonchev–Trinajstić information content (AvgIpc) is 2.94. The van der Waals surface area contributed by atoms with E-state index >= 15 is 0 Å². The Hall–Kier alpha value is -2.64. The first-order valence-corrected chi connectivity index (χ1v) is 19.2. The summed E-state index contributed by atoms with van der Waals surface area (Å²) < 4.78 is 9.70. The van der Waals surface area contributed by atoms with E-state index in [1.54, 1.807) is 0 Å². The molecule has 0 unspecified atom stereocenters. The number of carbonyl (C=O) groups excluding carboxylic acids is 4. The number of methoxy groups -OCH3 is 2. The minimum absolute atomic E-state index is 0.146. The predicted molar refractivity (Wildman–Crippen MR) is 148 cm³/mol. The van der Waals surface area contributed by atoms with Crippen molar-refractivity contribution in [1.29, 1.82) is 0 Å². The van der Waals surface area contributed by atoms with Crippen LogP contribution in [0.4, 0.5) is 0 Å². The van der Waals surface area contributed by atoms with Crippen LogP contribution in [0.5, 0.6) is 0 Å². The van der Waals surface area contributed by atoms with Gasteiger partial charge in [-0.05, 0) is 0 Å². The number of benzene rings is 2. The van der Waals surface area contributed by atoms with Crippen LogP contribution in [0.15, 0.2) is 60.7 Å². The first kappa shape index (κ1) is 31.6. The van der Waals surface area contributed by atoms with Gasteiger partial charge in [0.15, 0.2) is 0 Å². The summed E-state index contributed by atoms with van der Waals surface area (Å²) in [6, 6.07) is 17.7. The van der Waals surface area contributed by atoms with Gasteiger partial charge in [-0.1, -0.05) is 0 Å². The van der Waals surface area contributed by atoms with Crippen LogP contribution in [0.3, 0.4) is 0 Å². The number of carbonyl (C=O) groups is 4. The molecule has 2 amide bonds. The second kappa shape index (κ2) is 18.6. The molecule has 2 aromatic carbocycles. The maximum atomic E-state index is 12.4. The van der Waals surface area contributed by atoms with Gasteiger partial charge in [0.05, 0.1) is 0 Å². The molecule has 38 heavy (non-hydrogen) atoms. The second-order valence-corrected chi connectivity index (χ2v) is 16.4. The van der Waals surface area contributed by atoms with Crippen LogP contribution in [0, 0.1) is 0 Å². The van der Waals surface area contributed by atoms with Crippen LogP contribution < -0.4 is 10.6 Å². The molecule has 206 valence electrons. The van der Waals surface area contributed by atoms with Gasteiger partial charge in [-0.15, -0.1) is 0 Å². The summed E-state index contributed by atoms with van der Waals surface area (Å²) in [4.78, 5) is 48.9. The van der Waals surface area contributed by atoms with Crippen LogP contribution in [0.25, 0.3) is 0 Å². The van der Waals surface area contributed by atoms with Crippen molar-refractivity contribution in [1.82, 2.24) is 10.6 Å². The van der Waals surface area contributed by atoms with Gasteiger partial charge in [-0.2, -0.15) is 0 Å². The van der Waals surface area contributed by atoms with Gasteiger partial charge in [-0.25, -0.2) is 0 Å². The minimum atomic E-state index is -0.692. The molecule has 0 fully saturated rings. The van der Waals surface area contributed by atoms with Gasteiger partial charge in [0, 0.05) is 0 Å². The van der Waals surface area contributed by atoms with Crippen molar-refractivity contribution in [3.05, 3.63) is 71.8 Å². The summed E-state index contributed by atoms with van der Waals surface area (Å²) in [5, 5.41) is 7.57. The van der Waals surface area contributed by atoms with E-state index in [2.05, 4.69) is 10.6 Å². The molecule has 0 aliphatic rings. The molecule has 10 heteroatoms. The SMILES string of the molecule is COC(=O)[C@@H](Cc1ccccc1)NC(=O)CCC[Se][Se]CCCC(=O)N[C@H](Cc1ccccc1)C(=O)OC. The topological polar surface area (TPSA) is 111 Å². The predicted octanol–water partition coefficient (Wildman–Crippen LogP) is 2.51. The number of hydrogen-bond acceptors (Lipinski definition) is 6. The molecule has 2 N–H and O–H groups in total. The molecule has 0 aromatic heterocycles. The summed E-state index contributed by atoms with van der Waals surface area (Å²) in [5.41, 5.74) is 1.92. The standard InChI is InChI=1S/C28H36N2O6Se2/c1-35-27(33)23(19-21-11-5-3-6-12-21)29-25(31)15-9-17-37-38-18-10-16-26(32)30-24(28(34)36-2)20-22-13-7-4-8-14-22/h3-8,11-14,23-24H,9-10,15-20H2,1-2H3,(H,29,31)(H,30,32)/t23-,24-/m1/s1. The molecule has 0 aliphatic heterocycles. The van der Waals surface area contributed by atoms with Gasteiger partial charge in [0.2, 0.25) is 0 Å². The van der Waals surface area contributed by atoms with Gasteiger partial charge in [0.1, 0.15) is 0 Å². The van der Waals surface area contributed by atoms with Crippen molar-refractivity contribution < 1.29 is 28.7 Å². The second-order valence-electron chi connectivity index (χ2n) is 8.52. The summed E-state index contributed by atoms with van der Waals surface area (Å²) in [6.45, 7) is 0. The maximum absolute atomic E-state index is 12.4. The fourth-order valence-electron chi connectivity index (χ4n) is 3.60. The summed E-state index contributed by atoms with van der Waals surface area (Å²) in [5.74, 6) is -1.19. The van der Waals surface area contributed by atoms with Crippen molar-refractivity contribution in [3.8, 4) is 0 Å². The van der Waals surface area contributed by atoms with Crippen LogP contribution in [0.2, 0.25) is 10.6 Å². The van der Waals surface area contributed by atoms with Crippen LogP contribution in [-0.4, -0.2) is 76.3 Å². The van der Waals surface area contributed by atoms with E-state index in [0.29, 0.717) is 51.9 Å². The zero-order valence-corrected chi connectivity index (χ0v) is 25.3. The molecule has 0 saturated carbocycles. The molecule has 0 bridgehead atoms. The average molecular weight is 655 g/mol. The Bertz CT molecular complexity index is 925. The van der Waals surface area contributed by atoms with E-state index in [-0.39, 0.29) is 11.8 Å². The zero-order valence-electron chi connectivity index (χ0n) is 21.9. The van der Waals surface area contributed by atoms with Crippen molar-refractivity contribution >= 4 is 50.0 Å². The van der Waals surface area contributed by atoms with Crippen LogP contribution >= 0.6 is 0 Å². The number of nitrogens with one attached hydrogen (secondary N) is 2. The molecule has 0 spiro atoms. The molecular formula is C28H36N2O6Se2. The normalized spacial score (nSPS) is 12.2. The van der Waals surface area contributed by atoms with E-state index in [0.717, 1.165) is 34.6 Å². The molecule has 2 atom stereocenters. The van der Waals surface area contributed by atoms with Crippen molar-refractivity contribution in [3.63, 3.8) is 0 Å². The Morgan fingerprint density at radius 3 is 1.37 bits per heavy atom. The Kier molecular flexibility index (Phi) is 15.4. The van der Waals surface area contributed by atoms with E-state index in [9.17, 15) is 19.2 Å². The Morgan fingerprint density at radius 2 is 1.03 bits per heavy atom. The molecule has 2 aromatic rings. The number of esters is 2. The quantitative estimate of drug-likeness (QED) is 0.154. The number of hydrogen-bond donors (Lipinski definition) is 2. The molecule has 0 radical (unpaired) electrons. The van der Waals surface area contributed by atoms with Gasteiger partial charge >= 0.3 is 237 Å². The summed E-state index contributed by atoms with van der Waals surface area (Å²) in [7, 11) is 2.64. The van der Waals surface area contributed by atoms with Gasteiger partial charge in [0.25, 0.3) is 0 Å². The molecule has 8 nitrogen and oxygen atoms in total. The monoisotopic (exact) mass is 656 g/mol. The van der Waals surface area contributed by atoms with Gasteiger partial charge in [-0.3, -0.25) is 0 Å². The van der Waals surface area contributed by atoms with E-state index in [4.69, 9.17) is 9.47 Å². The molecule has 0 heterocycles. The third kappa shape index (κ3) is 12.7. The van der Waals surface area contributed by atoms with E-state index in [1.165, 1.54) is 14.2 Å². The Labute approximate surface area is 235 Å². The summed E-state index contributed by atoms with van der Waals surface area (Å²) in [6.07, 6.45) is 3.08. The first-order chi connectivity index (χ1) is 18.4. The molecule has 2 rings (SSSR count). The van der Waals surface area contributed by atoms with Gasteiger partial charge < -0.3 is 0 Å². The molecule has 0 aliphatic carbocycles. The van der Waals surface area contributed by atoms with Crippen molar-refractivity contribution in [2.45, 2.75) is 61.2 Å². The first-order valence-electron chi connectivity index (χ1n) is 12.5. The van der Waals surface area contributed by atoms with Crippen molar-refractivity contribution in [2.75, 3.05) is 14.2 Å². The van der Waals surface area contributed by atoms with E-state index in [1.807, 2.05) is 60.7 Å². The number of ether oxygens (including phenoxy) is 2. The molecule has 0 saturated heterocycles. The van der Waals surface area contributed by atoms with Crippen LogP contribution in [-0.2, 0) is 41.5 Å². The fraction of sp³-hybridized carbons (Fsp3) is 0.429. The van der Waals surface area contributed by atoms with Crippen LogP contribution in [0.1, 0.15) is 36.8 Å². The zero-order chi connectivity index (χ0) is 27.6. The number of rotatable bonds is 17. The Morgan fingerprint density at radius 1 is 0.658 bits per heavy atom. The van der Waals surface area contributed by atoms with Crippen molar-refractivity contribution in [2.24, 2.45) is 0 Å². The third-order valence-electron chi connectivity index (χ3n) is 5.55. The third-order valence-corrected chi connectivity index (χ3v) is 13.3. The summed E-state index contributed by atoms with van der Waals surface area (Å²) >= 11 is 0.884. The van der Waals surface area contributed by atoms with E-state index < -0.39 is 24.0 Å².